The summed E-state index contributed by atoms with van der Waals surface area (Å²) in [7, 11) is 1.18. The number of esters is 1. The highest BCUT2D eigenvalue weighted by molar-refractivity contribution is 6.00. The Bertz CT molecular complexity index is 443. The van der Waals surface area contributed by atoms with Crippen LogP contribution in [-0.4, -0.2) is 25.5 Å². The van der Waals surface area contributed by atoms with Crippen LogP contribution in [0.5, 0.6) is 5.75 Å². The molecular formula is C11H10F2O4. The first-order valence-electron chi connectivity index (χ1n) is 4.63. The summed E-state index contributed by atoms with van der Waals surface area (Å²) in [5.74, 6) is -1.40. The molecule has 0 aromatic heterocycles. The van der Waals surface area contributed by atoms with E-state index in [1.54, 1.807) is 0 Å². The highest BCUT2D eigenvalue weighted by Crippen LogP contribution is 2.23. The van der Waals surface area contributed by atoms with E-state index in [1.165, 1.54) is 20.1 Å². The topological polar surface area (TPSA) is 52.6 Å². The van der Waals surface area contributed by atoms with Crippen molar-refractivity contribution in [1.29, 1.82) is 0 Å². The molecule has 0 bridgehead atoms. The fraction of sp³-hybridized carbons (Fsp3) is 0.273. The minimum Gasteiger partial charge on any atom is -0.465 e. The molecule has 0 aliphatic rings. The number of halogens is 2. The van der Waals surface area contributed by atoms with Gasteiger partial charge in [-0.2, -0.15) is 8.78 Å². The van der Waals surface area contributed by atoms with E-state index in [9.17, 15) is 18.4 Å². The molecule has 0 aliphatic carbocycles. The van der Waals surface area contributed by atoms with E-state index in [0.29, 0.717) is 0 Å². The van der Waals surface area contributed by atoms with E-state index in [-0.39, 0.29) is 16.9 Å². The quantitative estimate of drug-likeness (QED) is 0.602. The SMILES string of the molecule is COC(=O)c1ccc(OC(F)F)c(C(C)=O)c1. The van der Waals surface area contributed by atoms with Gasteiger partial charge >= 0.3 is 12.6 Å². The van der Waals surface area contributed by atoms with Crippen molar-refractivity contribution in [2.24, 2.45) is 0 Å². The molecule has 0 radical (unpaired) electrons. The lowest BCUT2D eigenvalue weighted by atomic mass is 10.1. The van der Waals surface area contributed by atoms with E-state index < -0.39 is 18.4 Å². The van der Waals surface area contributed by atoms with Crippen molar-refractivity contribution in [1.82, 2.24) is 0 Å². The summed E-state index contributed by atoms with van der Waals surface area (Å²) in [4.78, 5) is 22.4. The standard InChI is InChI=1S/C11H10F2O4/c1-6(14)8-5-7(10(15)16-2)3-4-9(8)17-11(12)13/h3-5,11H,1-2H3. The van der Waals surface area contributed by atoms with Gasteiger partial charge in [0.2, 0.25) is 0 Å². The Balaban J connectivity index is 3.17. The number of hydrogen-bond donors (Lipinski definition) is 0. The first-order chi connectivity index (χ1) is 7.95. The zero-order valence-corrected chi connectivity index (χ0v) is 9.20. The highest BCUT2D eigenvalue weighted by Gasteiger charge is 2.16. The molecular weight excluding hydrogens is 234 g/mol. The number of alkyl halides is 2. The molecule has 0 saturated carbocycles. The Labute approximate surface area is 96.1 Å². The summed E-state index contributed by atoms with van der Waals surface area (Å²) in [6.45, 7) is -1.84. The largest absolute Gasteiger partial charge is 0.465 e. The number of ketones is 1. The van der Waals surface area contributed by atoms with Crippen molar-refractivity contribution in [3.8, 4) is 5.75 Å². The third kappa shape index (κ3) is 3.24. The van der Waals surface area contributed by atoms with Crippen molar-refractivity contribution >= 4 is 11.8 Å². The molecule has 1 rings (SSSR count). The predicted octanol–water partition coefficient (Wildman–Crippen LogP) is 2.28. The Hall–Kier alpha value is -1.98. The van der Waals surface area contributed by atoms with Gasteiger partial charge in [0, 0.05) is 0 Å². The van der Waals surface area contributed by atoms with Gasteiger partial charge < -0.3 is 9.47 Å². The second kappa shape index (κ2) is 5.38. The molecule has 1 aromatic carbocycles. The zero-order valence-electron chi connectivity index (χ0n) is 9.20. The molecule has 0 unspecified atom stereocenters. The fourth-order valence-corrected chi connectivity index (χ4v) is 1.25. The fourth-order valence-electron chi connectivity index (χ4n) is 1.25. The Morgan fingerprint density at radius 1 is 1.29 bits per heavy atom. The molecule has 0 atom stereocenters. The number of rotatable bonds is 4. The number of benzene rings is 1. The lowest BCUT2D eigenvalue weighted by molar-refractivity contribution is -0.0501. The second-order valence-corrected chi connectivity index (χ2v) is 3.14. The third-order valence-electron chi connectivity index (χ3n) is 2.00. The molecule has 4 nitrogen and oxygen atoms in total. The molecule has 0 fully saturated rings. The van der Waals surface area contributed by atoms with Crippen LogP contribution in [0.1, 0.15) is 27.6 Å². The van der Waals surface area contributed by atoms with Crippen LogP contribution in [0.25, 0.3) is 0 Å². The van der Waals surface area contributed by atoms with Crippen molar-refractivity contribution < 1.29 is 27.8 Å². The lowest BCUT2D eigenvalue weighted by Crippen LogP contribution is -2.09. The van der Waals surface area contributed by atoms with Gasteiger partial charge in [0.15, 0.2) is 5.78 Å². The van der Waals surface area contributed by atoms with Crippen molar-refractivity contribution in [2.75, 3.05) is 7.11 Å². The van der Waals surface area contributed by atoms with Gasteiger partial charge in [0.25, 0.3) is 0 Å². The van der Waals surface area contributed by atoms with E-state index in [4.69, 9.17) is 0 Å². The Kier molecular flexibility index (Phi) is 4.14. The molecule has 17 heavy (non-hydrogen) atoms. The number of carbonyl (C=O) groups is 2. The lowest BCUT2D eigenvalue weighted by Gasteiger charge is -2.09. The molecule has 1 aromatic rings. The summed E-state index contributed by atoms with van der Waals surface area (Å²) >= 11 is 0. The summed E-state index contributed by atoms with van der Waals surface area (Å²) < 4.78 is 32.7. The molecule has 0 aliphatic heterocycles. The number of hydrogen-bond acceptors (Lipinski definition) is 4. The van der Waals surface area contributed by atoms with E-state index >= 15 is 0 Å². The average molecular weight is 244 g/mol. The van der Waals surface area contributed by atoms with Crippen LogP contribution < -0.4 is 4.74 Å². The number of Topliss-reactive ketones (excluding diaryl/α,β-unsaturated/α-hetero) is 1. The van der Waals surface area contributed by atoms with Gasteiger partial charge in [-0.05, 0) is 25.1 Å². The first kappa shape index (κ1) is 13.1. The van der Waals surface area contributed by atoms with Gasteiger partial charge in [-0.25, -0.2) is 4.79 Å². The van der Waals surface area contributed by atoms with Crippen molar-refractivity contribution in [3.05, 3.63) is 29.3 Å². The second-order valence-electron chi connectivity index (χ2n) is 3.14. The van der Waals surface area contributed by atoms with Crippen LogP contribution in [-0.2, 0) is 4.74 Å². The van der Waals surface area contributed by atoms with Crippen molar-refractivity contribution in [2.45, 2.75) is 13.5 Å². The molecule has 0 N–H and O–H groups in total. The van der Waals surface area contributed by atoms with Crippen LogP contribution in [0.3, 0.4) is 0 Å². The number of ether oxygens (including phenoxy) is 2. The van der Waals surface area contributed by atoms with Crippen LogP contribution >= 0.6 is 0 Å². The first-order valence-corrected chi connectivity index (χ1v) is 4.63. The molecule has 0 amide bonds. The maximum atomic E-state index is 12.1. The van der Waals surface area contributed by atoms with E-state index in [1.807, 2.05) is 0 Å². The van der Waals surface area contributed by atoms with Gasteiger partial charge in [-0.3, -0.25) is 4.79 Å². The van der Waals surface area contributed by atoms with Gasteiger partial charge in [0.1, 0.15) is 5.75 Å². The van der Waals surface area contributed by atoms with Gasteiger partial charge in [-0.1, -0.05) is 0 Å². The minimum absolute atomic E-state index is 0.0896. The van der Waals surface area contributed by atoms with Crippen LogP contribution in [0.4, 0.5) is 8.78 Å². The highest BCUT2D eigenvalue weighted by atomic mass is 19.3. The number of methoxy groups -OCH3 is 1. The molecule has 6 heteroatoms. The predicted molar refractivity (Wildman–Crippen MR) is 54.4 cm³/mol. The maximum absolute atomic E-state index is 12.1. The summed E-state index contributed by atoms with van der Waals surface area (Å²) in [6.07, 6.45) is 0. The van der Waals surface area contributed by atoms with Crippen molar-refractivity contribution in [3.63, 3.8) is 0 Å². The van der Waals surface area contributed by atoms with E-state index in [2.05, 4.69) is 9.47 Å². The molecule has 0 saturated heterocycles. The zero-order chi connectivity index (χ0) is 13.0. The molecule has 0 heterocycles. The van der Waals surface area contributed by atoms with Crippen LogP contribution in [0.2, 0.25) is 0 Å². The summed E-state index contributed by atoms with van der Waals surface area (Å²) in [6, 6.07) is 3.54. The van der Waals surface area contributed by atoms with E-state index in [0.717, 1.165) is 12.1 Å². The monoisotopic (exact) mass is 244 g/mol. The summed E-state index contributed by atoms with van der Waals surface area (Å²) in [5.41, 5.74) is 0.00696. The van der Waals surface area contributed by atoms with Gasteiger partial charge in [-0.15, -0.1) is 0 Å². The Morgan fingerprint density at radius 2 is 1.94 bits per heavy atom. The maximum Gasteiger partial charge on any atom is 0.387 e. The Morgan fingerprint density at radius 3 is 2.41 bits per heavy atom. The smallest absolute Gasteiger partial charge is 0.387 e. The average Bonchev–Trinajstić information content (AvgIpc) is 2.27. The molecule has 92 valence electrons. The summed E-state index contributed by atoms with van der Waals surface area (Å²) in [5, 5.41) is 0. The third-order valence-corrected chi connectivity index (χ3v) is 2.00. The molecule has 0 spiro atoms. The van der Waals surface area contributed by atoms with Crippen LogP contribution in [0, 0.1) is 0 Å². The minimum atomic E-state index is -3.03. The van der Waals surface area contributed by atoms with Gasteiger partial charge in [0.05, 0.1) is 18.2 Å². The number of carbonyl (C=O) groups excluding carboxylic acids is 2. The normalized spacial score (nSPS) is 10.2. The van der Waals surface area contributed by atoms with Crippen LogP contribution in [0.15, 0.2) is 18.2 Å².